The largest absolute Gasteiger partial charge is 0.489 e. The van der Waals surface area contributed by atoms with Gasteiger partial charge in [0.1, 0.15) is 11.9 Å². The van der Waals surface area contributed by atoms with Crippen LogP contribution in [0.4, 0.5) is 0 Å². The number of nitrogens with one attached hydrogen (secondary N) is 1. The molecule has 1 aromatic carbocycles. The first-order valence-corrected chi connectivity index (χ1v) is 6.07. The van der Waals surface area contributed by atoms with E-state index in [4.69, 9.17) is 9.47 Å². The summed E-state index contributed by atoms with van der Waals surface area (Å²) in [6.45, 7) is 8.69. The van der Waals surface area contributed by atoms with Crippen LogP contribution >= 0.6 is 0 Å². The fourth-order valence-corrected chi connectivity index (χ4v) is 1.59. The van der Waals surface area contributed by atoms with E-state index in [2.05, 4.69) is 32.2 Å². The van der Waals surface area contributed by atoms with Crippen LogP contribution in [0.25, 0.3) is 0 Å². The van der Waals surface area contributed by atoms with Crippen molar-refractivity contribution in [1.82, 2.24) is 5.32 Å². The van der Waals surface area contributed by atoms with Crippen molar-refractivity contribution in [3.05, 3.63) is 29.3 Å². The second kappa shape index (κ2) is 7.30. The Hall–Kier alpha value is -1.06. The number of benzene rings is 1. The van der Waals surface area contributed by atoms with Crippen LogP contribution in [0.2, 0.25) is 0 Å². The molecule has 0 saturated carbocycles. The number of methoxy groups -OCH3 is 1. The van der Waals surface area contributed by atoms with Gasteiger partial charge in [0.05, 0.1) is 6.61 Å². The normalized spacial score (nSPS) is 12.5. The molecule has 0 fully saturated rings. The lowest BCUT2D eigenvalue weighted by molar-refractivity contribution is 0.184. The Morgan fingerprint density at radius 3 is 2.76 bits per heavy atom. The third-order valence-corrected chi connectivity index (χ3v) is 2.80. The van der Waals surface area contributed by atoms with Crippen molar-refractivity contribution in [3.8, 4) is 5.75 Å². The second-order valence-corrected chi connectivity index (χ2v) is 4.32. The van der Waals surface area contributed by atoms with Crippen molar-refractivity contribution in [2.45, 2.75) is 26.9 Å². The van der Waals surface area contributed by atoms with E-state index >= 15 is 0 Å². The third kappa shape index (κ3) is 4.75. The van der Waals surface area contributed by atoms with Gasteiger partial charge in [0.25, 0.3) is 0 Å². The first-order chi connectivity index (χ1) is 8.15. The molecular weight excluding hydrogens is 214 g/mol. The average Bonchev–Trinajstić information content (AvgIpc) is 2.31. The molecule has 1 N–H and O–H groups in total. The number of ether oxygens (including phenoxy) is 2. The summed E-state index contributed by atoms with van der Waals surface area (Å²) in [4.78, 5) is 0. The minimum atomic E-state index is 0.160. The van der Waals surface area contributed by atoms with Crippen molar-refractivity contribution in [3.63, 3.8) is 0 Å². The molecule has 3 heteroatoms. The lowest BCUT2D eigenvalue weighted by atomic mass is 10.1. The van der Waals surface area contributed by atoms with Gasteiger partial charge in [0, 0.05) is 20.2 Å². The summed E-state index contributed by atoms with van der Waals surface area (Å²) in [5.74, 6) is 0.978. The van der Waals surface area contributed by atoms with Crippen LogP contribution in [-0.4, -0.2) is 32.9 Å². The molecule has 17 heavy (non-hydrogen) atoms. The van der Waals surface area contributed by atoms with Crippen LogP contribution < -0.4 is 10.1 Å². The fraction of sp³-hybridized carbons (Fsp3) is 0.571. The molecule has 0 spiro atoms. The standard InChI is InChI=1S/C14H23NO2/c1-11-6-5-7-14(13(11)3)17-12(2)10-15-8-9-16-4/h5-7,12,15H,8-10H2,1-4H3. The Morgan fingerprint density at radius 2 is 2.06 bits per heavy atom. The molecule has 0 saturated heterocycles. The topological polar surface area (TPSA) is 30.5 Å². The van der Waals surface area contributed by atoms with Gasteiger partial charge in [-0.2, -0.15) is 0 Å². The van der Waals surface area contributed by atoms with E-state index in [1.54, 1.807) is 7.11 Å². The highest BCUT2D eigenvalue weighted by Crippen LogP contribution is 2.21. The molecule has 1 atom stereocenters. The zero-order valence-electron chi connectivity index (χ0n) is 11.2. The molecule has 0 aliphatic carbocycles. The van der Waals surface area contributed by atoms with Gasteiger partial charge >= 0.3 is 0 Å². The van der Waals surface area contributed by atoms with E-state index in [1.807, 2.05) is 12.1 Å². The molecule has 3 nitrogen and oxygen atoms in total. The van der Waals surface area contributed by atoms with Gasteiger partial charge in [-0.25, -0.2) is 0 Å². The fourth-order valence-electron chi connectivity index (χ4n) is 1.59. The van der Waals surface area contributed by atoms with Gasteiger partial charge < -0.3 is 14.8 Å². The molecule has 0 heterocycles. The molecule has 0 radical (unpaired) electrons. The lowest BCUT2D eigenvalue weighted by Gasteiger charge is -2.17. The second-order valence-electron chi connectivity index (χ2n) is 4.32. The van der Waals surface area contributed by atoms with Gasteiger partial charge in [-0.15, -0.1) is 0 Å². The average molecular weight is 237 g/mol. The van der Waals surface area contributed by atoms with E-state index < -0.39 is 0 Å². The van der Waals surface area contributed by atoms with E-state index in [9.17, 15) is 0 Å². The Bertz CT molecular complexity index is 339. The van der Waals surface area contributed by atoms with Crippen molar-refractivity contribution >= 4 is 0 Å². The van der Waals surface area contributed by atoms with Crippen LogP contribution in [-0.2, 0) is 4.74 Å². The summed E-state index contributed by atoms with van der Waals surface area (Å²) in [5, 5.41) is 3.29. The summed E-state index contributed by atoms with van der Waals surface area (Å²) in [6, 6.07) is 6.15. The van der Waals surface area contributed by atoms with E-state index in [0.717, 1.165) is 25.4 Å². The highest BCUT2D eigenvalue weighted by molar-refractivity contribution is 5.38. The molecule has 0 amide bonds. The molecule has 1 rings (SSSR count). The minimum Gasteiger partial charge on any atom is -0.489 e. The summed E-state index contributed by atoms with van der Waals surface area (Å²) < 4.78 is 10.9. The van der Waals surface area contributed by atoms with Gasteiger partial charge in [-0.1, -0.05) is 12.1 Å². The van der Waals surface area contributed by atoms with Crippen molar-refractivity contribution in [2.24, 2.45) is 0 Å². The maximum Gasteiger partial charge on any atom is 0.122 e. The molecule has 1 unspecified atom stereocenters. The van der Waals surface area contributed by atoms with Crippen LogP contribution in [0.3, 0.4) is 0 Å². The van der Waals surface area contributed by atoms with Crippen molar-refractivity contribution < 1.29 is 9.47 Å². The first kappa shape index (κ1) is 14.0. The third-order valence-electron chi connectivity index (χ3n) is 2.80. The molecule has 0 aliphatic heterocycles. The highest BCUT2D eigenvalue weighted by Gasteiger charge is 2.06. The van der Waals surface area contributed by atoms with Gasteiger partial charge in [-0.05, 0) is 38.0 Å². The van der Waals surface area contributed by atoms with Crippen LogP contribution in [0.1, 0.15) is 18.1 Å². The highest BCUT2D eigenvalue weighted by atomic mass is 16.5. The zero-order chi connectivity index (χ0) is 12.7. The maximum atomic E-state index is 5.90. The SMILES string of the molecule is COCCNCC(C)Oc1cccc(C)c1C. The predicted octanol–water partition coefficient (Wildman–Crippen LogP) is 2.31. The molecule has 1 aromatic rings. The zero-order valence-corrected chi connectivity index (χ0v) is 11.2. The molecular formula is C14H23NO2. The van der Waals surface area contributed by atoms with Crippen LogP contribution in [0, 0.1) is 13.8 Å². The monoisotopic (exact) mass is 237 g/mol. The quantitative estimate of drug-likeness (QED) is 0.738. The predicted molar refractivity (Wildman–Crippen MR) is 70.8 cm³/mol. The number of aryl methyl sites for hydroxylation is 1. The number of hydrogen-bond acceptors (Lipinski definition) is 3. The summed E-state index contributed by atoms with van der Waals surface area (Å²) >= 11 is 0. The number of rotatable bonds is 7. The van der Waals surface area contributed by atoms with Gasteiger partial charge in [0.15, 0.2) is 0 Å². The maximum absolute atomic E-state index is 5.90. The molecule has 0 aromatic heterocycles. The number of hydrogen-bond donors (Lipinski definition) is 1. The van der Waals surface area contributed by atoms with Crippen LogP contribution in [0.15, 0.2) is 18.2 Å². The first-order valence-electron chi connectivity index (χ1n) is 6.07. The Kier molecular flexibility index (Phi) is 6.01. The summed E-state index contributed by atoms with van der Waals surface area (Å²) in [5.41, 5.74) is 2.48. The Balaban J connectivity index is 2.39. The van der Waals surface area contributed by atoms with Crippen molar-refractivity contribution in [2.75, 3.05) is 26.8 Å². The smallest absolute Gasteiger partial charge is 0.122 e. The van der Waals surface area contributed by atoms with E-state index in [0.29, 0.717) is 0 Å². The van der Waals surface area contributed by atoms with Gasteiger partial charge in [0.2, 0.25) is 0 Å². The Labute approximate surface area is 104 Å². The minimum absolute atomic E-state index is 0.160. The molecule has 96 valence electrons. The summed E-state index contributed by atoms with van der Waals surface area (Å²) in [7, 11) is 1.71. The van der Waals surface area contributed by atoms with E-state index in [1.165, 1.54) is 11.1 Å². The lowest BCUT2D eigenvalue weighted by Crippen LogP contribution is -2.31. The van der Waals surface area contributed by atoms with Gasteiger partial charge in [-0.3, -0.25) is 0 Å². The summed E-state index contributed by atoms with van der Waals surface area (Å²) in [6.07, 6.45) is 0.160. The molecule has 0 bridgehead atoms. The van der Waals surface area contributed by atoms with E-state index in [-0.39, 0.29) is 6.10 Å². The van der Waals surface area contributed by atoms with Crippen LogP contribution in [0.5, 0.6) is 5.75 Å². The Morgan fingerprint density at radius 1 is 1.29 bits per heavy atom. The molecule has 0 aliphatic rings. The van der Waals surface area contributed by atoms with Crippen molar-refractivity contribution in [1.29, 1.82) is 0 Å².